The van der Waals surface area contributed by atoms with E-state index in [1.54, 1.807) is 4.90 Å². The Hall–Kier alpha value is -1.87. The maximum absolute atomic E-state index is 5.74. The van der Waals surface area contributed by atoms with Crippen LogP contribution < -0.4 is 10.6 Å². The molecule has 0 aromatic heterocycles. The van der Waals surface area contributed by atoms with Crippen molar-refractivity contribution in [3.05, 3.63) is 60.7 Å². The SMILES string of the molecule is NC(=S)N(c1[c]cccc1)c1ccccc1. The smallest absolute Gasteiger partial charge is 0.175 e. The van der Waals surface area contributed by atoms with Gasteiger partial charge in [0.1, 0.15) is 0 Å². The minimum absolute atomic E-state index is 0.314. The van der Waals surface area contributed by atoms with Crippen LogP contribution in [0.5, 0.6) is 0 Å². The Morgan fingerprint density at radius 2 is 1.75 bits per heavy atom. The van der Waals surface area contributed by atoms with Crippen molar-refractivity contribution >= 4 is 28.7 Å². The molecule has 2 aromatic rings. The van der Waals surface area contributed by atoms with Gasteiger partial charge in [0.2, 0.25) is 0 Å². The van der Waals surface area contributed by atoms with Gasteiger partial charge >= 0.3 is 0 Å². The fourth-order valence-electron chi connectivity index (χ4n) is 1.49. The van der Waals surface area contributed by atoms with E-state index in [1.807, 2.05) is 54.6 Å². The number of anilines is 2. The number of benzene rings is 2. The molecular weight excluding hydrogens is 216 g/mol. The lowest BCUT2D eigenvalue weighted by Gasteiger charge is -2.22. The lowest BCUT2D eigenvalue weighted by molar-refractivity contribution is 1.34. The molecule has 3 heteroatoms. The van der Waals surface area contributed by atoms with Crippen molar-refractivity contribution in [3.8, 4) is 0 Å². The summed E-state index contributed by atoms with van der Waals surface area (Å²) in [5, 5.41) is 0.314. The molecule has 1 radical (unpaired) electrons. The molecule has 16 heavy (non-hydrogen) atoms. The number of para-hydroxylation sites is 2. The molecule has 2 N–H and O–H groups in total. The summed E-state index contributed by atoms with van der Waals surface area (Å²) in [6.07, 6.45) is 0. The fourth-order valence-corrected chi connectivity index (χ4v) is 1.69. The van der Waals surface area contributed by atoms with E-state index < -0.39 is 0 Å². The van der Waals surface area contributed by atoms with Gasteiger partial charge in [-0.1, -0.05) is 36.4 Å². The Morgan fingerprint density at radius 3 is 2.31 bits per heavy atom. The van der Waals surface area contributed by atoms with E-state index in [9.17, 15) is 0 Å². The third kappa shape index (κ3) is 2.20. The highest BCUT2D eigenvalue weighted by Crippen LogP contribution is 2.23. The van der Waals surface area contributed by atoms with Gasteiger partial charge in [-0.2, -0.15) is 0 Å². The summed E-state index contributed by atoms with van der Waals surface area (Å²) >= 11 is 5.06. The summed E-state index contributed by atoms with van der Waals surface area (Å²) in [5.41, 5.74) is 7.53. The summed E-state index contributed by atoms with van der Waals surface area (Å²) in [5.74, 6) is 0. The van der Waals surface area contributed by atoms with E-state index in [-0.39, 0.29) is 0 Å². The van der Waals surface area contributed by atoms with Crippen molar-refractivity contribution in [2.24, 2.45) is 5.73 Å². The molecule has 2 aromatic carbocycles. The average Bonchev–Trinajstić information content (AvgIpc) is 2.31. The van der Waals surface area contributed by atoms with Gasteiger partial charge < -0.3 is 5.73 Å². The average molecular weight is 227 g/mol. The molecule has 0 unspecified atom stereocenters. The minimum atomic E-state index is 0.314. The number of hydrogen-bond donors (Lipinski definition) is 1. The highest BCUT2D eigenvalue weighted by Gasteiger charge is 2.10. The minimum Gasteiger partial charge on any atom is -0.376 e. The van der Waals surface area contributed by atoms with Crippen molar-refractivity contribution in [1.29, 1.82) is 0 Å². The zero-order valence-electron chi connectivity index (χ0n) is 8.63. The van der Waals surface area contributed by atoms with Gasteiger partial charge in [0.05, 0.1) is 5.69 Å². The number of hydrogen-bond acceptors (Lipinski definition) is 1. The maximum atomic E-state index is 5.74. The molecule has 2 rings (SSSR count). The zero-order valence-corrected chi connectivity index (χ0v) is 9.45. The number of nitrogens with two attached hydrogens (primary N) is 1. The normalized spacial score (nSPS) is 9.75. The molecule has 0 aliphatic rings. The summed E-state index contributed by atoms with van der Waals surface area (Å²) in [7, 11) is 0. The second kappa shape index (κ2) is 4.77. The molecule has 0 heterocycles. The standard InChI is InChI=1S/C13H11N2S/c14-13(16)15(11-7-3-1-4-8-11)12-9-5-2-6-10-12/h1-9H,(H2,14,16). The highest BCUT2D eigenvalue weighted by molar-refractivity contribution is 7.80. The van der Waals surface area contributed by atoms with Crippen LogP contribution in [-0.2, 0) is 0 Å². The molecular formula is C13H11N2S. The van der Waals surface area contributed by atoms with Crippen molar-refractivity contribution < 1.29 is 0 Å². The first-order chi connectivity index (χ1) is 7.79. The van der Waals surface area contributed by atoms with Crippen LogP contribution >= 0.6 is 12.2 Å². The van der Waals surface area contributed by atoms with Crippen LogP contribution in [-0.4, -0.2) is 5.11 Å². The van der Waals surface area contributed by atoms with E-state index in [0.717, 1.165) is 11.4 Å². The van der Waals surface area contributed by atoms with Gasteiger partial charge in [0, 0.05) is 11.8 Å². The zero-order chi connectivity index (χ0) is 11.4. The second-order valence-corrected chi connectivity index (χ2v) is 3.68. The topological polar surface area (TPSA) is 29.3 Å². The number of nitrogens with zero attached hydrogens (tertiary/aromatic N) is 1. The maximum Gasteiger partial charge on any atom is 0.175 e. The van der Waals surface area contributed by atoms with E-state index in [0.29, 0.717) is 5.11 Å². The Kier molecular flexibility index (Phi) is 3.17. The lowest BCUT2D eigenvalue weighted by Crippen LogP contribution is -2.31. The molecule has 0 bridgehead atoms. The van der Waals surface area contributed by atoms with Gasteiger partial charge in [-0.25, -0.2) is 0 Å². The van der Waals surface area contributed by atoms with Crippen LogP contribution in [0.2, 0.25) is 0 Å². The Balaban J connectivity index is 2.44. The summed E-state index contributed by atoms with van der Waals surface area (Å²) in [6, 6.07) is 20.5. The van der Waals surface area contributed by atoms with Crippen molar-refractivity contribution in [2.45, 2.75) is 0 Å². The number of rotatable bonds is 2. The predicted molar refractivity (Wildman–Crippen MR) is 70.6 cm³/mol. The molecule has 0 aliphatic carbocycles. The molecule has 0 atom stereocenters. The van der Waals surface area contributed by atoms with Gasteiger partial charge in [0.15, 0.2) is 5.11 Å². The van der Waals surface area contributed by atoms with Gasteiger partial charge in [0.25, 0.3) is 0 Å². The quantitative estimate of drug-likeness (QED) is 0.800. The van der Waals surface area contributed by atoms with Crippen molar-refractivity contribution in [3.63, 3.8) is 0 Å². The van der Waals surface area contributed by atoms with Crippen LogP contribution in [0.25, 0.3) is 0 Å². The Bertz CT molecular complexity index is 428. The highest BCUT2D eigenvalue weighted by atomic mass is 32.1. The largest absolute Gasteiger partial charge is 0.376 e. The van der Waals surface area contributed by atoms with Crippen molar-refractivity contribution in [2.75, 3.05) is 4.90 Å². The van der Waals surface area contributed by atoms with Crippen LogP contribution in [0.1, 0.15) is 0 Å². The predicted octanol–water partition coefficient (Wildman–Crippen LogP) is 2.87. The third-order valence-electron chi connectivity index (χ3n) is 2.17. The molecule has 2 nitrogen and oxygen atoms in total. The molecule has 0 spiro atoms. The van der Waals surface area contributed by atoms with Crippen molar-refractivity contribution in [1.82, 2.24) is 0 Å². The van der Waals surface area contributed by atoms with Gasteiger partial charge in [-0.15, -0.1) is 0 Å². The molecule has 0 saturated carbocycles. The first-order valence-corrected chi connectivity index (χ1v) is 5.31. The Labute approximate surface area is 100 Å². The molecule has 79 valence electrons. The molecule has 0 amide bonds. The van der Waals surface area contributed by atoms with Crippen LogP contribution in [0.15, 0.2) is 54.6 Å². The monoisotopic (exact) mass is 227 g/mol. The van der Waals surface area contributed by atoms with Crippen LogP contribution in [0.3, 0.4) is 0 Å². The summed E-state index contributed by atoms with van der Waals surface area (Å²) in [4.78, 5) is 1.79. The lowest BCUT2D eigenvalue weighted by atomic mass is 10.2. The van der Waals surface area contributed by atoms with E-state index >= 15 is 0 Å². The van der Waals surface area contributed by atoms with E-state index in [4.69, 9.17) is 18.0 Å². The first kappa shape index (κ1) is 10.6. The van der Waals surface area contributed by atoms with Crippen LogP contribution in [0, 0.1) is 6.07 Å². The van der Waals surface area contributed by atoms with Gasteiger partial charge in [-0.05, 0) is 30.4 Å². The molecule has 0 aliphatic heterocycles. The first-order valence-electron chi connectivity index (χ1n) is 4.90. The third-order valence-corrected chi connectivity index (χ3v) is 2.35. The van der Waals surface area contributed by atoms with Crippen LogP contribution in [0.4, 0.5) is 11.4 Å². The van der Waals surface area contributed by atoms with Gasteiger partial charge in [-0.3, -0.25) is 4.90 Å². The molecule has 0 fully saturated rings. The summed E-state index contributed by atoms with van der Waals surface area (Å²) < 4.78 is 0. The molecule has 0 saturated heterocycles. The fraction of sp³-hybridized carbons (Fsp3) is 0. The second-order valence-electron chi connectivity index (χ2n) is 3.26. The Morgan fingerprint density at radius 1 is 1.06 bits per heavy atom. The van der Waals surface area contributed by atoms with E-state index in [1.165, 1.54) is 0 Å². The number of thiocarbonyl (C=S) groups is 1. The summed E-state index contributed by atoms with van der Waals surface area (Å²) in [6.45, 7) is 0. The van der Waals surface area contributed by atoms with E-state index in [2.05, 4.69) is 6.07 Å².